The van der Waals surface area contributed by atoms with Crippen LogP contribution in [-0.2, 0) is 9.53 Å². The molecule has 0 unspecified atom stereocenters. The molecule has 1 aromatic heterocycles. The smallest absolute Gasteiger partial charge is 0.313 e. The standard InChI is InChI=1S/C19H22N2O3/c1-13-6-4-7-14(17(13)22)15-8-5-9-16(20-15)21-11-10-19(2,12-21)18(23)24-3/h4-9,22H,10-12H2,1-3H3/t19-/m1/s1. The number of esters is 1. The predicted octanol–water partition coefficient (Wildman–Crippen LogP) is 3.15. The van der Waals surface area contributed by atoms with E-state index in [1.165, 1.54) is 7.11 Å². The number of nitrogens with zero attached hydrogens (tertiary/aromatic N) is 2. The lowest BCUT2D eigenvalue weighted by atomic mass is 9.90. The van der Waals surface area contributed by atoms with Crippen molar-refractivity contribution in [3.63, 3.8) is 0 Å². The van der Waals surface area contributed by atoms with Crippen LogP contribution < -0.4 is 4.90 Å². The highest BCUT2D eigenvalue weighted by atomic mass is 16.5. The minimum absolute atomic E-state index is 0.183. The first-order valence-corrected chi connectivity index (χ1v) is 8.04. The number of hydrogen-bond acceptors (Lipinski definition) is 5. The number of ether oxygens (including phenoxy) is 1. The second kappa shape index (κ2) is 6.15. The molecule has 126 valence electrons. The molecular formula is C19H22N2O3. The van der Waals surface area contributed by atoms with E-state index < -0.39 is 5.41 Å². The average molecular weight is 326 g/mol. The molecule has 1 atom stereocenters. The van der Waals surface area contributed by atoms with Crippen molar-refractivity contribution in [1.82, 2.24) is 4.98 Å². The minimum Gasteiger partial charge on any atom is -0.507 e. The number of anilines is 1. The van der Waals surface area contributed by atoms with Gasteiger partial charge in [-0.2, -0.15) is 0 Å². The van der Waals surface area contributed by atoms with E-state index in [0.29, 0.717) is 12.1 Å². The Balaban J connectivity index is 1.90. The number of carbonyl (C=O) groups is 1. The van der Waals surface area contributed by atoms with Gasteiger partial charge in [0.2, 0.25) is 0 Å². The van der Waals surface area contributed by atoms with Crippen LogP contribution in [0.3, 0.4) is 0 Å². The summed E-state index contributed by atoms with van der Waals surface area (Å²) in [5.41, 5.74) is 1.75. The summed E-state index contributed by atoms with van der Waals surface area (Å²) in [6, 6.07) is 11.4. The van der Waals surface area contributed by atoms with Gasteiger partial charge in [0.1, 0.15) is 11.6 Å². The lowest BCUT2D eigenvalue weighted by Gasteiger charge is -2.22. The summed E-state index contributed by atoms with van der Waals surface area (Å²) in [7, 11) is 1.43. The van der Waals surface area contributed by atoms with Crippen LogP contribution in [0.2, 0.25) is 0 Å². The third kappa shape index (κ3) is 2.82. The van der Waals surface area contributed by atoms with Crippen molar-refractivity contribution < 1.29 is 14.6 Å². The van der Waals surface area contributed by atoms with E-state index in [2.05, 4.69) is 4.90 Å². The Kier molecular flexibility index (Phi) is 4.18. The molecular weight excluding hydrogens is 304 g/mol. The lowest BCUT2D eigenvalue weighted by Crippen LogP contribution is -2.33. The number of aromatic hydroxyl groups is 1. The molecule has 0 aliphatic carbocycles. The fraction of sp³-hybridized carbons (Fsp3) is 0.368. The Morgan fingerprint density at radius 2 is 2.04 bits per heavy atom. The van der Waals surface area contributed by atoms with E-state index in [1.807, 2.05) is 50.2 Å². The molecule has 0 saturated carbocycles. The molecule has 5 nitrogen and oxygen atoms in total. The second-order valence-corrected chi connectivity index (χ2v) is 6.58. The maximum absolute atomic E-state index is 12.0. The van der Waals surface area contributed by atoms with Crippen LogP contribution in [0, 0.1) is 12.3 Å². The molecule has 1 aliphatic rings. The summed E-state index contributed by atoms with van der Waals surface area (Å²) in [5, 5.41) is 10.3. The fourth-order valence-electron chi connectivity index (χ4n) is 3.18. The molecule has 2 heterocycles. The van der Waals surface area contributed by atoms with E-state index >= 15 is 0 Å². The number of phenols is 1. The van der Waals surface area contributed by atoms with Gasteiger partial charge in [-0.3, -0.25) is 4.79 Å². The monoisotopic (exact) mass is 326 g/mol. The number of hydrogen-bond donors (Lipinski definition) is 1. The van der Waals surface area contributed by atoms with Gasteiger partial charge in [0.15, 0.2) is 0 Å². The quantitative estimate of drug-likeness (QED) is 0.878. The maximum Gasteiger partial charge on any atom is 0.313 e. The highest BCUT2D eigenvalue weighted by molar-refractivity contribution is 5.78. The predicted molar refractivity (Wildman–Crippen MR) is 93.0 cm³/mol. The van der Waals surface area contributed by atoms with Gasteiger partial charge < -0.3 is 14.7 Å². The Labute approximate surface area is 141 Å². The lowest BCUT2D eigenvalue weighted by molar-refractivity contribution is -0.150. The molecule has 1 aliphatic heterocycles. The number of carbonyl (C=O) groups excluding carboxylic acids is 1. The van der Waals surface area contributed by atoms with Gasteiger partial charge in [-0.15, -0.1) is 0 Å². The van der Waals surface area contributed by atoms with Gasteiger partial charge in [-0.1, -0.05) is 18.2 Å². The number of benzene rings is 1. The van der Waals surface area contributed by atoms with Crippen LogP contribution in [0.1, 0.15) is 18.9 Å². The van der Waals surface area contributed by atoms with Crippen molar-refractivity contribution in [1.29, 1.82) is 0 Å². The summed E-state index contributed by atoms with van der Waals surface area (Å²) in [6.07, 6.45) is 0.737. The SMILES string of the molecule is COC(=O)[C@]1(C)CCN(c2cccc(-c3cccc(C)c3O)n2)C1. The Morgan fingerprint density at radius 3 is 2.79 bits per heavy atom. The van der Waals surface area contributed by atoms with Gasteiger partial charge in [-0.25, -0.2) is 4.98 Å². The molecule has 1 saturated heterocycles. The molecule has 0 radical (unpaired) electrons. The van der Waals surface area contributed by atoms with Crippen LogP contribution in [0.4, 0.5) is 5.82 Å². The van der Waals surface area contributed by atoms with Crippen LogP contribution in [0.5, 0.6) is 5.75 Å². The number of rotatable bonds is 3. The Hall–Kier alpha value is -2.56. The number of methoxy groups -OCH3 is 1. The average Bonchev–Trinajstić information content (AvgIpc) is 3.00. The third-order valence-electron chi connectivity index (χ3n) is 4.72. The van der Waals surface area contributed by atoms with E-state index in [9.17, 15) is 9.90 Å². The van der Waals surface area contributed by atoms with Crippen LogP contribution in [0.25, 0.3) is 11.3 Å². The number of aromatic nitrogens is 1. The Morgan fingerprint density at radius 1 is 1.29 bits per heavy atom. The van der Waals surface area contributed by atoms with Crippen LogP contribution >= 0.6 is 0 Å². The zero-order valence-corrected chi connectivity index (χ0v) is 14.2. The molecule has 1 N–H and O–H groups in total. The summed E-state index contributed by atoms with van der Waals surface area (Å²) >= 11 is 0. The summed E-state index contributed by atoms with van der Waals surface area (Å²) in [5.74, 6) is 0.876. The van der Waals surface area contributed by atoms with Crippen molar-refractivity contribution >= 4 is 11.8 Å². The van der Waals surface area contributed by atoms with Crippen molar-refractivity contribution in [3.05, 3.63) is 42.0 Å². The zero-order chi connectivity index (χ0) is 17.3. The molecule has 1 aromatic carbocycles. The number of para-hydroxylation sites is 1. The summed E-state index contributed by atoms with van der Waals surface area (Å²) in [6.45, 7) is 5.12. The number of pyridine rings is 1. The van der Waals surface area contributed by atoms with Crippen molar-refractivity contribution in [3.8, 4) is 17.0 Å². The molecule has 0 bridgehead atoms. The molecule has 1 fully saturated rings. The van der Waals surface area contributed by atoms with Crippen LogP contribution in [0.15, 0.2) is 36.4 Å². The normalized spacial score (nSPS) is 20.2. The Bertz CT molecular complexity index is 775. The summed E-state index contributed by atoms with van der Waals surface area (Å²) < 4.78 is 4.92. The summed E-state index contributed by atoms with van der Waals surface area (Å²) in [4.78, 5) is 18.8. The molecule has 0 spiro atoms. The van der Waals surface area contributed by atoms with Gasteiger partial charge in [0.25, 0.3) is 0 Å². The topological polar surface area (TPSA) is 62.7 Å². The molecule has 5 heteroatoms. The minimum atomic E-state index is -0.502. The molecule has 0 amide bonds. The van der Waals surface area contributed by atoms with Gasteiger partial charge >= 0.3 is 5.97 Å². The second-order valence-electron chi connectivity index (χ2n) is 6.58. The fourth-order valence-corrected chi connectivity index (χ4v) is 3.18. The van der Waals surface area contributed by atoms with E-state index in [4.69, 9.17) is 9.72 Å². The first-order valence-electron chi connectivity index (χ1n) is 8.04. The number of aryl methyl sites for hydroxylation is 1. The van der Waals surface area contributed by atoms with Gasteiger partial charge in [0, 0.05) is 18.7 Å². The van der Waals surface area contributed by atoms with Crippen LogP contribution in [-0.4, -0.2) is 36.3 Å². The van der Waals surface area contributed by atoms with Crippen molar-refractivity contribution in [2.24, 2.45) is 5.41 Å². The van der Waals surface area contributed by atoms with Gasteiger partial charge in [-0.05, 0) is 44.0 Å². The largest absolute Gasteiger partial charge is 0.507 e. The zero-order valence-electron chi connectivity index (χ0n) is 14.2. The first-order chi connectivity index (χ1) is 11.4. The van der Waals surface area contributed by atoms with Gasteiger partial charge in [0.05, 0.1) is 18.2 Å². The van der Waals surface area contributed by atoms with Crippen molar-refractivity contribution in [2.45, 2.75) is 20.3 Å². The number of phenolic OH excluding ortho intramolecular Hbond substituents is 1. The highest BCUT2D eigenvalue weighted by Gasteiger charge is 2.41. The molecule has 2 aromatic rings. The van der Waals surface area contributed by atoms with Crippen molar-refractivity contribution in [2.75, 3.05) is 25.1 Å². The van der Waals surface area contributed by atoms with E-state index in [-0.39, 0.29) is 11.7 Å². The third-order valence-corrected chi connectivity index (χ3v) is 4.72. The first kappa shape index (κ1) is 16.3. The molecule has 3 rings (SSSR count). The van der Waals surface area contributed by atoms with E-state index in [0.717, 1.165) is 30.0 Å². The highest BCUT2D eigenvalue weighted by Crippen LogP contribution is 2.35. The van der Waals surface area contributed by atoms with E-state index in [1.54, 1.807) is 0 Å². The molecule has 24 heavy (non-hydrogen) atoms. The maximum atomic E-state index is 12.0.